The zero-order valence-electron chi connectivity index (χ0n) is 21.8. The van der Waals surface area contributed by atoms with Gasteiger partial charge in [0, 0.05) is 10.4 Å². The van der Waals surface area contributed by atoms with Gasteiger partial charge in [0.25, 0.3) is 5.56 Å². The molecule has 0 aliphatic heterocycles. The third kappa shape index (κ3) is 6.13. The van der Waals surface area contributed by atoms with Crippen molar-refractivity contribution in [2.75, 3.05) is 7.11 Å². The molecular formula is C30H27Br2N3O5. The average Bonchev–Trinajstić information content (AvgIpc) is 2.96. The number of carbonyl (C=O) groups is 1. The van der Waals surface area contributed by atoms with Crippen LogP contribution in [0.5, 0.6) is 11.5 Å². The molecule has 1 aromatic heterocycles. The number of aromatic nitrogens is 2. The van der Waals surface area contributed by atoms with Crippen LogP contribution in [-0.4, -0.2) is 34.1 Å². The molecule has 0 saturated heterocycles. The summed E-state index contributed by atoms with van der Waals surface area (Å²) in [6, 6.07) is 15.7. The lowest BCUT2D eigenvalue weighted by Gasteiger charge is -2.22. The van der Waals surface area contributed by atoms with Gasteiger partial charge in [0.05, 0.1) is 34.3 Å². The molecule has 3 aromatic carbocycles. The van der Waals surface area contributed by atoms with Crippen LogP contribution < -0.4 is 15.0 Å². The molecule has 0 spiro atoms. The predicted molar refractivity (Wildman–Crippen MR) is 161 cm³/mol. The number of halogens is 2. The minimum absolute atomic E-state index is 0.174. The van der Waals surface area contributed by atoms with Gasteiger partial charge in [-0.2, -0.15) is 9.78 Å². The molecule has 8 nitrogen and oxygen atoms in total. The van der Waals surface area contributed by atoms with Gasteiger partial charge in [0.2, 0.25) is 0 Å². The Morgan fingerprint density at radius 2 is 1.85 bits per heavy atom. The van der Waals surface area contributed by atoms with Gasteiger partial charge in [-0.05, 0) is 82.4 Å². The minimum Gasteiger partial charge on any atom is -0.493 e. The summed E-state index contributed by atoms with van der Waals surface area (Å²) in [6.45, 7) is 0.223. The highest BCUT2D eigenvalue weighted by atomic mass is 79.9. The summed E-state index contributed by atoms with van der Waals surface area (Å²) in [5, 5.41) is 14.2. The molecule has 1 aliphatic carbocycles. The van der Waals surface area contributed by atoms with E-state index >= 15 is 0 Å². The second-order valence-electron chi connectivity index (χ2n) is 9.65. The van der Waals surface area contributed by atoms with Crippen LogP contribution >= 0.6 is 31.9 Å². The largest absolute Gasteiger partial charge is 0.493 e. The first-order valence-corrected chi connectivity index (χ1v) is 14.5. The van der Waals surface area contributed by atoms with Gasteiger partial charge in [-0.1, -0.05) is 47.3 Å². The third-order valence-electron chi connectivity index (χ3n) is 6.96. The van der Waals surface area contributed by atoms with Gasteiger partial charge in [-0.3, -0.25) is 4.79 Å². The molecule has 1 N–H and O–H groups in total. The number of aromatic carboxylic acids is 1. The molecular weight excluding hydrogens is 642 g/mol. The molecule has 1 saturated carbocycles. The van der Waals surface area contributed by atoms with E-state index in [0.717, 1.165) is 35.7 Å². The monoisotopic (exact) mass is 667 g/mol. The van der Waals surface area contributed by atoms with Crippen LogP contribution in [0.3, 0.4) is 0 Å². The SMILES string of the molecule is COc1cc(C=Nn2c(C3CCCCC3)nc3ccc(Br)cc3c2=O)cc(Br)c1OCc1ccc(C(=O)O)cc1. The Balaban J connectivity index is 1.46. The highest BCUT2D eigenvalue weighted by Gasteiger charge is 2.22. The van der Waals surface area contributed by atoms with Crippen molar-refractivity contribution in [1.82, 2.24) is 9.66 Å². The van der Waals surface area contributed by atoms with Crippen LogP contribution in [0.1, 0.15) is 65.3 Å². The zero-order chi connectivity index (χ0) is 28.2. The highest BCUT2D eigenvalue weighted by Crippen LogP contribution is 2.37. The van der Waals surface area contributed by atoms with Crippen molar-refractivity contribution < 1.29 is 19.4 Å². The first-order valence-electron chi connectivity index (χ1n) is 12.9. The van der Waals surface area contributed by atoms with Crippen molar-refractivity contribution in [3.8, 4) is 11.5 Å². The summed E-state index contributed by atoms with van der Waals surface area (Å²) < 4.78 is 14.5. The number of hydrogen-bond acceptors (Lipinski definition) is 6. The Morgan fingerprint density at radius 3 is 2.55 bits per heavy atom. The van der Waals surface area contributed by atoms with Crippen LogP contribution in [0.2, 0.25) is 0 Å². The number of fused-ring (bicyclic) bond motifs is 1. The van der Waals surface area contributed by atoms with E-state index in [9.17, 15) is 9.59 Å². The number of carboxylic acid groups (broad SMARTS) is 1. The maximum absolute atomic E-state index is 13.6. The number of carboxylic acids is 1. The lowest BCUT2D eigenvalue weighted by atomic mass is 9.88. The molecule has 0 amide bonds. The summed E-state index contributed by atoms with van der Waals surface area (Å²) in [6.07, 6.45) is 7.00. The summed E-state index contributed by atoms with van der Waals surface area (Å²) >= 11 is 7.03. The number of hydrogen-bond donors (Lipinski definition) is 1. The van der Waals surface area contributed by atoms with Crippen LogP contribution in [0.25, 0.3) is 10.9 Å². The Morgan fingerprint density at radius 1 is 1.10 bits per heavy atom. The summed E-state index contributed by atoms with van der Waals surface area (Å²) in [5.74, 6) is 0.871. The molecule has 1 heterocycles. The Hall–Kier alpha value is -3.50. The molecule has 0 radical (unpaired) electrons. The average molecular weight is 669 g/mol. The van der Waals surface area contributed by atoms with E-state index < -0.39 is 5.97 Å². The Labute approximate surface area is 247 Å². The molecule has 0 bridgehead atoms. The van der Waals surface area contributed by atoms with Crippen molar-refractivity contribution in [3.63, 3.8) is 0 Å². The van der Waals surface area contributed by atoms with E-state index in [2.05, 4.69) is 37.0 Å². The standard InChI is InChI=1S/C30H27Br2N3O5/c1-39-26-14-19(13-24(32)27(26)40-17-18-7-9-21(10-8-18)30(37)38)16-33-35-28(20-5-3-2-4-6-20)34-25-12-11-22(31)15-23(25)29(35)36/h7-16,20H,2-6,17H2,1H3,(H,37,38). The fraction of sp³-hybridized carbons (Fsp3) is 0.267. The summed E-state index contributed by atoms with van der Waals surface area (Å²) in [7, 11) is 1.55. The first-order chi connectivity index (χ1) is 19.3. The smallest absolute Gasteiger partial charge is 0.335 e. The second kappa shape index (κ2) is 12.3. The van der Waals surface area contributed by atoms with E-state index in [0.29, 0.717) is 38.3 Å². The highest BCUT2D eigenvalue weighted by molar-refractivity contribution is 9.10. The van der Waals surface area contributed by atoms with E-state index in [1.165, 1.54) is 23.2 Å². The molecule has 40 heavy (non-hydrogen) atoms. The van der Waals surface area contributed by atoms with Crippen molar-refractivity contribution >= 4 is 54.9 Å². The van der Waals surface area contributed by atoms with Crippen molar-refractivity contribution in [2.45, 2.75) is 44.6 Å². The number of ether oxygens (including phenoxy) is 2. The predicted octanol–water partition coefficient (Wildman–Crippen LogP) is 7.14. The first kappa shape index (κ1) is 28.0. The summed E-state index contributed by atoms with van der Waals surface area (Å²) in [4.78, 5) is 29.6. The molecule has 0 unspecified atom stereocenters. The Bertz CT molecular complexity index is 1640. The maximum atomic E-state index is 13.6. The van der Waals surface area contributed by atoms with Gasteiger partial charge in [0.15, 0.2) is 11.5 Å². The number of rotatable bonds is 8. The van der Waals surface area contributed by atoms with E-state index in [1.807, 2.05) is 18.2 Å². The van der Waals surface area contributed by atoms with Crippen molar-refractivity contribution in [1.29, 1.82) is 0 Å². The topological polar surface area (TPSA) is 103 Å². The van der Waals surface area contributed by atoms with Crippen LogP contribution in [0, 0.1) is 0 Å². The lowest BCUT2D eigenvalue weighted by Crippen LogP contribution is -2.25. The molecule has 206 valence electrons. The minimum atomic E-state index is -0.977. The van der Waals surface area contributed by atoms with E-state index in [4.69, 9.17) is 19.6 Å². The van der Waals surface area contributed by atoms with Crippen molar-refractivity contribution in [3.05, 3.63) is 96.4 Å². The van der Waals surface area contributed by atoms with Gasteiger partial charge in [-0.25, -0.2) is 9.78 Å². The van der Waals surface area contributed by atoms with Gasteiger partial charge < -0.3 is 14.6 Å². The molecule has 0 atom stereocenters. The summed E-state index contributed by atoms with van der Waals surface area (Å²) in [5.41, 5.74) is 2.20. The van der Waals surface area contributed by atoms with Gasteiger partial charge >= 0.3 is 5.97 Å². The number of nitrogens with zero attached hydrogens (tertiary/aromatic N) is 3. The molecule has 10 heteroatoms. The lowest BCUT2D eigenvalue weighted by molar-refractivity contribution is 0.0697. The molecule has 1 fully saturated rings. The number of benzene rings is 3. The van der Waals surface area contributed by atoms with Crippen molar-refractivity contribution in [2.24, 2.45) is 5.10 Å². The van der Waals surface area contributed by atoms with E-state index in [-0.39, 0.29) is 23.6 Å². The molecule has 4 aromatic rings. The fourth-order valence-corrected chi connectivity index (χ4v) is 5.82. The second-order valence-corrected chi connectivity index (χ2v) is 11.4. The number of methoxy groups -OCH3 is 1. The Kier molecular flexibility index (Phi) is 8.66. The third-order valence-corrected chi connectivity index (χ3v) is 8.04. The quantitative estimate of drug-likeness (QED) is 0.200. The zero-order valence-corrected chi connectivity index (χ0v) is 24.9. The molecule has 1 aliphatic rings. The van der Waals surface area contributed by atoms with Gasteiger partial charge in [-0.15, -0.1) is 0 Å². The van der Waals surface area contributed by atoms with E-state index in [1.54, 1.807) is 37.6 Å². The van der Waals surface area contributed by atoms with Gasteiger partial charge in [0.1, 0.15) is 12.4 Å². The van der Waals surface area contributed by atoms with Crippen LogP contribution in [0.4, 0.5) is 0 Å². The maximum Gasteiger partial charge on any atom is 0.335 e. The fourth-order valence-electron chi connectivity index (χ4n) is 4.88. The normalized spacial score (nSPS) is 14.1. The van der Waals surface area contributed by atoms with Crippen LogP contribution in [-0.2, 0) is 6.61 Å². The molecule has 5 rings (SSSR count). The van der Waals surface area contributed by atoms with Crippen LogP contribution in [0.15, 0.2) is 73.4 Å².